The van der Waals surface area contributed by atoms with Crippen LogP contribution in [0.4, 0.5) is 0 Å². The van der Waals surface area contributed by atoms with Crippen LogP contribution in [0.15, 0.2) is 192 Å². The lowest BCUT2D eigenvalue weighted by Gasteiger charge is -2.13. The summed E-state index contributed by atoms with van der Waals surface area (Å²) >= 11 is 1.73. The van der Waals surface area contributed by atoms with Crippen LogP contribution >= 0.6 is 11.3 Å². The quantitative estimate of drug-likeness (QED) is 0.161. The molecule has 13 rings (SSSR count). The fraction of sp³-hybridized carbons (Fsp3) is 0. The molecule has 6 nitrogen and oxygen atoms in total. The molecular formula is C55H31N5OS. The molecule has 0 fully saturated rings. The van der Waals surface area contributed by atoms with Gasteiger partial charge in [-0.2, -0.15) is 0 Å². The number of para-hydroxylation sites is 1. The Morgan fingerprint density at radius 3 is 1.65 bits per heavy atom. The minimum atomic E-state index is 0.560. The van der Waals surface area contributed by atoms with Crippen molar-refractivity contribution >= 4 is 85.9 Å². The summed E-state index contributed by atoms with van der Waals surface area (Å²) in [6, 6.07) is 65.0. The first-order chi connectivity index (χ1) is 30.7. The van der Waals surface area contributed by atoms with Gasteiger partial charge in [0, 0.05) is 43.1 Å². The largest absolute Gasteiger partial charge is 0.455 e. The molecule has 0 saturated heterocycles. The van der Waals surface area contributed by atoms with E-state index in [1.54, 1.807) is 11.3 Å². The molecule has 13 aromatic rings. The van der Waals surface area contributed by atoms with Crippen LogP contribution in [0, 0.1) is 0 Å². The molecular weight excluding hydrogens is 779 g/mol. The zero-order valence-corrected chi connectivity index (χ0v) is 33.8. The monoisotopic (exact) mass is 809 g/mol. The van der Waals surface area contributed by atoms with Gasteiger partial charge in [0.25, 0.3) is 0 Å². The number of rotatable bonds is 5. The molecule has 4 heterocycles. The molecule has 0 spiro atoms. The molecule has 0 aliphatic rings. The molecule has 0 N–H and O–H groups in total. The number of thiophene rings is 1. The number of furan rings is 1. The molecule has 0 unspecified atom stereocenters. The first-order valence-electron chi connectivity index (χ1n) is 20.6. The lowest BCUT2D eigenvalue weighted by atomic mass is 9.93. The van der Waals surface area contributed by atoms with Gasteiger partial charge < -0.3 is 4.42 Å². The van der Waals surface area contributed by atoms with E-state index in [0.29, 0.717) is 28.9 Å². The van der Waals surface area contributed by atoms with E-state index in [2.05, 4.69) is 140 Å². The van der Waals surface area contributed by atoms with Crippen LogP contribution in [-0.2, 0) is 0 Å². The van der Waals surface area contributed by atoms with Crippen molar-refractivity contribution in [3.63, 3.8) is 0 Å². The Morgan fingerprint density at radius 1 is 0.355 bits per heavy atom. The van der Waals surface area contributed by atoms with Crippen molar-refractivity contribution in [3.05, 3.63) is 188 Å². The number of nitrogens with zero attached hydrogens (tertiary/aromatic N) is 5. The molecule has 9 aromatic carbocycles. The summed E-state index contributed by atoms with van der Waals surface area (Å²) in [5, 5.41) is 10.2. The van der Waals surface area contributed by atoms with Crippen molar-refractivity contribution < 1.29 is 4.42 Å². The maximum atomic E-state index is 6.83. The second kappa shape index (κ2) is 13.7. The van der Waals surface area contributed by atoms with Crippen LogP contribution in [0.25, 0.3) is 131 Å². The Labute approximate surface area is 358 Å². The van der Waals surface area contributed by atoms with Gasteiger partial charge in [0.2, 0.25) is 0 Å². The molecule has 62 heavy (non-hydrogen) atoms. The van der Waals surface area contributed by atoms with Crippen molar-refractivity contribution in [1.82, 2.24) is 24.9 Å². The summed E-state index contributed by atoms with van der Waals surface area (Å²) < 4.78 is 9.07. The lowest BCUT2D eigenvalue weighted by molar-refractivity contribution is 0.669. The van der Waals surface area contributed by atoms with E-state index in [1.165, 1.54) is 31.6 Å². The highest BCUT2D eigenvalue weighted by Gasteiger charge is 2.23. The van der Waals surface area contributed by atoms with Crippen LogP contribution in [0.5, 0.6) is 0 Å². The van der Waals surface area contributed by atoms with Crippen molar-refractivity contribution in [1.29, 1.82) is 0 Å². The van der Waals surface area contributed by atoms with E-state index >= 15 is 0 Å². The first-order valence-corrected chi connectivity index (χ1v) is 21.4. The lowest BCUT2D eigenvalue weighted by Crippen LogP contribution is -2.00. The van der Waals surface area contributed by atoms with E-state index in [4.69, 9.17) is 29.3 Å². The van der Waals surface area contributed by atoms with Crippen LogP contribution < -0.4 is 0 Å². The van der Waals surface area contributed by atoms with Crippen LogP contribution in [0.2, 0.25) is 0 Å². The van der Waals surface area contributed by atoms with E-state index in [1.807, 2.05) is 48.5 Å². The number of hydrogen-bond donors (Lipinski definition) is 0. The predicted octanol–water partition coefficient (Wildman–Crippen LogP) is 14.7. The molecule has 288 valence electrons. The minimum absolute atomic E-state index is 0.560. The standard InChI is InChI=1S/C55H31N5OS/c1-3-15-32(16-4-1)48-51-49(40-23-11-12-28-46(40)62-51)57-55(56-48)43-26-13-24-41-47-42(25-14-27-45(47)61-50(41)43)54-59-52(33-17-5-2-6-18-33)58-53(60-54)34-29-30-39-37-21-8-7-19-35(37)36-20-9-10-22-38(36)44(39)31-34/h1-31H. The molecule has 0 radical (unpaired) electrons. The minimum Gasteiger partial charge on any atom is -0.455 e. The van der Waals surface area contributed by atoms with E-state index in [9.17, 15) is 0 Å². The van der Waals surface area contributed by atoms with Gasteiger partial charge in [0.15, 0.2) is 23.3 Å². The summed E-state index contributed by atoms with van der Waals surface area (Å²) in [7, 11) is 0. The van der Waals surface area contributed by atoms with Crippen molar-refractivity contribution in [2.75, 3.05) is 0 Å². The van der Waals surface area contributed by atoms with Gasteiger partial charge in [0.1, 0.15) is 11.2 Å². The highest BCUT2D eigenvalue weighted by Crippen LogP contribution is 2.44. The second-order valence-corrected chi connectivity index (χ2v) is 16.6. The third-order valence-electron chi connectivity index (χ3n) is 11.9. The van der Waals surface area contributed by atoms with Gasteiger partial charge in [-0.05, 0) is 56.6 Å². The van der Waals surface area contributed by atoms with Crippen LogP contribution in [0.1, 0.15) is 0 Å². The maximum Gasteiger partial charge on any atom is 0.164 e. The highest BCUT2D eigenvalue weighted by molar-refractivity contribution is 7.26. The fourth-order valence-corrected chi connectivity index (χ4v) is 10.3. The van der Waals surface area contributed by atoms with Crippen molar-refractivity contribution in [2.24, 2.45) is 0 Å². The van der Waals surface area contributed by atoms with Gasteiger partial charge in [-0.15, -0.1) is 11.3 Å². The van der Waals surface area contributed by atoms with E-state index in [-0.39, 0.29) is 0 Å². The highest BCUT2D eigenvalue weighted by atomic mass is 32.1. The van der Waals surface area contributed by atoms with E-state index < -0.39 is 0 Å². The topological polar surface area (TPSA) is 77.6 Å². The molecule has 0 aliphatic carbocycles. The Morgan fingerprint density at radius 2 is 0.903 bits per heavy atom. The average Bonchev–Trinajstić information content (AvgIpc) is 3.93. The van der Waals surface area contributed by atoms with Crippen LogP contribution in [-0.4, -0.2) is 24.9 Å². The summed E-state index contributed by atoms with van der Waals surface area (Å²) in [6.07, 6.45) is 0. The molecule has 0 saturated carbocycles. The average molecular weight is 810 g/mol. The molecule has 7 heteroatoms. The third-order valence-corrected chi connectivity index (χ3v) is 13.1. The summed E-state index contributed by atoms with van der Waals surface area (Å²) in [5.41, 5.74) is 7.79. The number of fused-ring (bicyclic) bond motifs is 12. The number of hydrogen-bond acceptors (Lipinski definition) is 7. The normalized spacial score (nSPS) is 11.9. The Bertz CT molecular complexity index is 3900. The SMILES string of the molecule is c1ccc(-c2nc(-c3ccc4c5ccccc5c5ccccc5c4c3)nc(-c3cccc4oc5c(-c6nc(-c7ccccc7)c7sc8ccccc8c7n6)cccc5c34)n2)cc1. The first kappa shape index (κ1) is 34.7. The predicted molar refractivity (Wildman–Crippen MR) is 255 cm³/mol. The molecule has 0 bridgehead atoms. The number of aromatic nitrogens is 5. The summed E-state index contributed by atoms with van der Waals surface area (Å²) in [4.78, 5) is 26.2. The summed E-state index contributed by atoms with van der Waals surface area (Å²) in [5.74, 6) is 2.36. The van der Waals surface area contributed by atoms with Crippen molar-refractivity contribution in [3.8, 4) is 56.8 Å². The maximum absolute atomic E-state index is 6.83. The Balaban J connectivity index is 1.03. The van der Waals surface area contributed by atoms with E-state index in [0.717, 1.165) is 70.9 Å². The second-order valence-electron chi connectivity index (χ2n) is 15.5. The Kier molecular flexibility index (Phi) is 7.67. The molecule has 4 aromatic heterocycles. The van der Waals surface area contributed by atoms with Crippen LogP contribution in [0.3, 0.4) is 0 Å². The van der Waals surface area contributed by atoms with Gasteiger partial charge in [0.05, 0.1) is 21.5 Å². The Hall–Kier alpha value is -8.13. The molecule has 0 atom stereocenters. The molecule has 0 aliphatic heterocycles. The fourth-order valence-electron chi connectivity index (χ4n) is 9.10. The summed E-state index contributed by atoms with van der Waals surface area (Å²) in [6.45, 7) is 0. The number of benzene rings is 9. The van der Waals surface area contributed by atoms with Gasteiger partial charge in [-0.3, -0.25) is 0 Å². The third kappa shape index (κ3) is 5.39. The van der Waals surface area contributed by atoms with Gasteiger partial charge in [-0.1, -0.05) is 164 Å². The van der Waals surface area contributed by atoms with Gasteiger partial charge >= 0.3 is 0 Å². The zero-order chi connectivity index (χ0) is 40.7. The van der Waals surface area contributed by atoms with Gasteiger partial charge in [-0.25, -0.2) is 24.9 Å². The molecule has 0 amide bonds. The smallest absolute Gasteiger partial charge is 0.164 e. The zero-order valence-electron chi connectivity index (χ0n) is 33.0. The van der Waals surface area contributed by atoms with Crippen molar-refractivity contribution in [2.45, 2.75) is 0 Å².